The van der Waals surface area contributed by atoms with Gasteiger partial charge in [-0.05, 0) is 57.4 Å². The maximum atomic E-state index is 13.4. The van der Waals surface area contributed by atoms with Crippen LogP contribution in [0.1, 0.15) is 24.2 Å². The van der Waals surface area contributed by atoms with Crippen molar-refractivity contribution in [1.29, 1.82) is 0 Å². The lowest BCUT2D eigenvalue weighted by atomic mass is 9.99. The molecule has 0 saturated heterocycles. The van der Waals surface area contributed by atoms with E-state index in [2.05, 4.69) is 10.6 Å². The van der Waals surface area contributed by atoms with Gasteiger partial charge in [-0.2, -0.15) is 0 Å². The maximum absolute atomic E-state index is 13.4. The van der Waals surface area contributed by atoms with E-state index in [1.807, 2.05) is 25.9 Å². The monoisotopic (exact) mass is 458 g/mol. The van der Waals surface area contributed by atoms with E-state index in [4.69, 9.17) is 4.74 Å². The number of benzene rings is 2. The van der Waals surface area contributed by atoms with Gasteiger partial charge in [0, 0.05) is 24.7 Å². The summed E-state index contributed by atoms with van der Waals surface area (Å²) in [6.45, 7) is 4.67. The number of hydrogen-bond donors (Lipinski definition) is 3. The number of carbonyl (C=O) groups is 2. The van der Waals surface area contributed by atoms with Crippen LogP contribution in [0.3, 0.4) is 0 Å². The SMILES string of the molecule is C[C@H]1CN([C@@H](C)CO)C(=O)c2cccc(NC(=O)Nc3ccc(F)cc3)c2O[C@H]1CN(C)C. The van der Waals surface area contributed by atoms with Crippen molar-refractivity contribution >= 4 is 23.3 Å². The predicted octanol–water partition coefficient (Wildman–Crippen LogP) is 3.25. The molecule has 0 radical (unpaired) electrons. The van der Waals surface area contributed by atoms with E-state index < -0.39 is 11.8 Å². The topological polar surface area (TPSA) is 94.1 Å². The van der Waals surface area contributed by atoms with Crippen LogP contribution in [0.4, 0.5) is 20.6 Å². The van der Waals surface area contributed by atoms with Crippen LogP contribution in [0.5, 0.6) is 5.75 Å². The highest BCUT2D eigenvalue weighted by Crippen LogP contribution is 2.35. The number of rotatable bonds is 6. The molecular weight excluding hydrogens is 427 g/mol. The van der Waals surface area contributed by atoms with Gasteiger partial charge in [0.25, 0.3) is 5.91 Å². The Morgan fingerprint density at radius 3 is 2.58 bits per heavy atom. The van der Waals surface area contributed by atoms with Crippen LogP contribution in [0.2, 0.25) is 0 Å². The van der Waals surface area contributed by atoms with Crippen LogP contribution in [-0.4, -0.2) is 72.8 Å². The predicted molar refractivity (Wildman–Crippen MR) is 125 cm³/mol. The zero-order valence-corrected chi connectivity index (χ0v) is 19.3. The number of urea groups is 1. The largest absolute Gasteiger partial charge is 0.486 e. The smallest absolute Gasteiger partial charge is 0.323 e. The minimum atomic E-state index is -0.550. The van der Waals surface area contributed by atoms with E-state index in [1.54, 1.807) is 30.0 Å². The van der Waals surface area contributed by atoms with Crippen molar-refractivity contribution in [3.8, 4) is 5.75 Å². The van der Waals surface area contributed by atoms with Gasteiger partial charge in [-0.3, -0.25) is 4.79 Å². The van der Waals surface area contributed by atoms with Crippen LogP contribution in [0.25, 0.3) is 0 Å². The summed E-state index contributed by atoms with van der Waals surface area (Å²) >= 11 is 0. The lowest BCUT2D eigenvalue weighted by Gasteiger charge is -2.38. The van der Waals surface area contributed by atoms with Crippen molar-refractivity contribution in [2.75, 3.05) is 44.4 Å². The Bertz CT molecular complexity index is 983. The van der Waals surface area contributed by atoms with Crippen LogP contribution in [-0.2, 0) is 0 Å². The number of nitrogens with zero attached hydrogens (tertiary/aromatic N) is 2. The molecular formula is C24H31FN4O4. The number of anilines is 2. The van der Waals surface area contributed by atoms with Crippen molar-refractivity contribution in [2.24, 2.45) is 5.92 Å². The van der Waals surface area contributed by atoms with E-state index in [1.165, 1.54) is 24.3 Å². The number of amides is 3. The second-order valence-corrected chi connectivity index (χ2v) is 8.65. The minimum Gasteiger partial charge on any atom is -0.486 e. The minimum absolute atomic E-state index is 0.0282. The number of nitrogens with one attached hydrogen (secondary N) is 2. The zero-order valence-electron chi connectivity index (χ0n) is 19.3. The Morgan fingerprint density at radius 1 is 1.24 bits per heavy atom. The van der Waals surface area contributed by atoms with Crippen molar-refractivity contribution in [3.05, 3.63) is 53.8 Å². The van der Waals surface area contributed by atoms with Gasteiger partial charge < -0.3 is 30.3 Å². The summed E-state index contributed by atoms with van der Waals surface area (Å²) in [6.07, 6.45) is -0.261. The summed E-state index contributed by atoms with van der Waals surface area (Å²) in [6, 6.07) is 9.47. The van der Waals surface area contributed by atoms with E-state index in [0.717, 1.165) is 0 Å². The average molecular weight is 459 g/mol. The molecule has 0 aliphatic carbocycles. The van der Waals surface area contributed by atoms with Crippen molar-refractivity contribution in [2.45, 2.75) is 26.0 Å². The second kappa shape index (κ2) is 10.6. The van der Waals surface area contributed by atoms with Gasteiger partial charge in [0.1, 0.15) is 11.9 Å². The first-order chi connectivity index (χ1) is 15.7. The van der Waals surface area contributed by atoms with Gasteiger partial charge in [-0.1, -0.05) is 13.0 Å². The number of likely N-dealkylation sites (N-methyl/N-ethyl adjacent to an activating group) is 1. The first-order valence-corrected chi connectivity index (χ1v) is 10.9. The summed E-state index contributed by atoms with van der Waals surface area (Å²) in [5.41, 5.74) is 1.08. The van der Waals surface area contributed by atoms with E-state index >= 15 is 0 Å². The van der Waals surface area contributed by atoms with Gasteiger partial charge >= 0.3 is 6.03 Å². The lowest BCUT2D eigenvalue weighted by Crippen LogP contribution is -2.49. The molecule has 3 N–H and O–H groups in total. The third kappa shape index (κ3) is 6.00. The van der Waals surface area contributed by atoms with E-state index in [-0.39, 0.29) is 36.3 Å². The summed E-state index contributed by atoms with van der Waals surface area (Å²) in [5, 5.41) is 15.1. The van der Waals surface area contributed by atoms with E-state index in [9.17, 15) is 19.1 Å². The lowest BCUT2D eigenvalue weighted by molar-refractivity contribution is 0.0365. The number of halogens is 1. The Labute approximate surface area is 193 Å². The van der Waals surface area contributed by atoms with Gasteiger partial charge in [0.05, 0.1) is 23.9 Å². The fourth-order valence-corrected chi connectivity index (χ4v) is 3.74. The number of aliphatic hydroxyl groups excluding tert-OH is 1. The molecule has 8 nitrogen and oxygen atoms in total. The molecule has 0 spiro atoms. The van der Waals surface area contributed by atoms with Crippen molar-refractivity contribution < 1.29 is 23.8 Å². The Hall–Kier alpha value is -3.17. The molecule has 0 unspecified atom stereocenters. The quantitative estimate of drug-likeness (QED) is 0.618. The standard InChI is InChI=1S/C24H31FN4O4/c1-15-12-29(16(2)14-30)23(31)19-6-5-7-20(22(19)33-21(15)13-28(3)4)27-24(32)26-18-10-8-17(25)9-11-18/h5-11,15-16,21,30H,12-14H2,1-4H3,(H2,26,27,32)/t15-,16-,21-/m0/s1. The molecule has 0 fully saturated rings. The fraction of sp³-hybridized carbons (Fsp3) is 0.417. The third-order valence-corrected chi connectivity index (χ3v) is 5.59. The van der Waals surface area contributed by atoms with Crippen LogP contribution < -0.4 is 15.4 Å². The van der Waals surface area contributed by atoms with Gasteiger partial charge in [0.15, 0.2) is 5.75 Å². The summed E-state index contributed by atoms with van der Waals surface area (Å²) in [4.78, 5) is 29.7. The number of aliphatic hydroxyl groups is 1. The fourth-order valence-electron chi connectivity index (χ4n) is 3.74. The number of fused-ring (bicyclic) bond motifs is 1. The van der Waals surface area contributed by atoms with Crippen molar-refractivity contribution in [3.63, 3.8) is 0 Å². The number of carbonyl (C=O) groups excluding carboxylic acids is 2. The third-order valence-electron chi connectivity index (χ3n) is 5.59. The van der Waals surface area contributed by atoms with Gasteiger partial charge in [-0.25, -0.2) is 9.18 Å². The van der Waals surface area contributed by atoms with Crippen LogP contribution in [0, 0.1) is 11.7 Å². The number of hydrogen-bond acceptors (Lipinski definition) is 5. The molecule has 3 amide bonds. The van der Waals surface area contributed by atoms with Gasteiger partial charge in [0.2, 0.25) is 0 Å². The molecule has 178 valence electrons. The summed E-state index contributed by atoms with van der Waals surface area (Å²) in [5.74, 6) is -0.422. The first kappa shape index (κ1) is 24.5. The second-order valence-electron chi connectivity index (χ2n) is 8.65. The zero-order chi connectivity index (χ0) is 24.1. The van der Waals surface area contributed by atoms with Crippen molar-refractivity contribution in [1.82, 2.24) is 9.80 Å². The first-order valence-electron chi connectivity index (χ1n) is 10.9. The highest BCUT2D eigenvalue weighted by molar-refractivity contribution is 6.04. The molecule has 3 atom stereocenters. The average Bonchev–Trinajstić information content (AvgIpc) is 2.77. The maximum Gasteiger partial charge on any atom is 0.323 e. The number of para-hydroxylation sites is 1. The molecule has 1 aliphatic heterocycles. The highest BCUT2D eigenvalue weighted by atomic mass is 19.1. The molecule has 1 heterocycles. The van der Waals surface area contributed by atoms with E-state index in [0.29, 0.717) is 30.0 Å². The van der Waals surface area contributed by atoms with Crippen LogP contribution >= 0.6 is 0 Å². The summed E-state index contributed by atoms with van der Waals surface area (Å²) in [7, 11) is 3.88. The number of ether oxygens (including phenoxy) is 1. The molecule has 9 heteroatoms. The Balaban J connectivity index is 1.95. The molecule has 3 rings (SSSR count). The molecule has 0 aromatic heterocycles. The molecule has 1 aliphatic rings. The van der Waals surface area contributed by atoms with Gasteiger partial charge in [-0.15, -0.1) is 0 Å². The molecule has 0 bridgehead atoms. The molecule has 2 aromatic rings. The summed E-state index contributed by atoms with van der Waals surface area (Å²) < 4.78 is 19.5. The Morgan fingerprint density at radius 2 is 1.94 bits per heavy atom. The molecule has 2 aromatic carbocycles. The molecule has 0 saturated carbocycles. The molecule has 33 heavy (non-hydrogen) atoms. The Kier molecular flexibility index (Phi) is 7.88. The highest BCUT2D eigenvalue weighted by Gasteiger charge is 2.34. The van der Waals surface area contributed by atoms with Crippen LogP contribution in [0.15, 0.2) is 42.5 Å². The normalized spacial score (nSPS) is 19.2.